The van der Waals surface area contributed by atoms with Gasteiger partial charge >= 0.3 is 12.2 Å². The van der Waals surface area contributed by atoms with E-state index in [1.165, 1.54) is 17.6 Å². The zero-order valence-corrected chi connectivity index (χ0v) is 16.5. The van der Waals surface area contributed by atoms with Gasteiger partial charge in [0, 0.05) is 11.3 Å². The fourth-order valence-electron chi connectivity index (χ4n) is 2.59. The number of hydrogen-bond donors (Lipinski definition) is 4. The zero-order valence-electron chi connectivity index (χ0n) is 15.7. The molecule has 8 nitrogen and oxygen atoms in total. The number of nitrogens with one attached hydrogen (secondary N) is 3. The number of fused-ring (bicyclic) bond motifs is 1. The molecule has 0 unspecified atom stereocenters. The zero-order chi connectivity index (χ0) is 23.5. The quantitative estimate of drug-likeness (QED) is 0.319. The van der Waals surface area contributed by atoms with Crippen LogP contribution in [-0.4, -0.2) is 35.1 Å². The number of alkyl halides is 4. The van der Waals surface area contributed by atoms with Crippen LogP contribution in [0.3, 0.4) is 0 Å². The lowest BCUT2D eigenvalue weighted by atomic mass is 9.92. The summed E-state index contributed by atoms with van der Waals surface area (Å²) in [6.45, 7) is -1.61. The number of amides is 3. The Morgan fingerprint density at radius 3 is 2.41 bits per heavy atom. The molecule has 0 spiro atoms. The van der Waals surface area contributed by atoms with Crippen molar-refractivity contribution in [3.8, 4) is 0 Å². The van der Waals surface area contributed by atoms with E-state index in [2.05, 4.69) is 20.5 Å². The van der Waals surface area contributed by atoms with E-state index in [-0.39, 0.29) is 21.0 Å². The Balaban J connectivity index is 1.84. The number of anilines is 2. The van der Waals surface area contributed by atoms with Crippen molar-refractivity contribution in [1.82, 2.24) is 10.5 Å². The van der Waals surface area contributed by atoms with Crippen LogP contribution in [0.1, 0.15) is 5.56 Å². The fraction of sp³-hybridized carbons (Fsp3) is 0.167. The molecule has 3 aromatic rings. The third-order valence-corrected chi connectivity index (χ3v) is 5.02. The van der Waals surface area contributed by atoms with Gasteiger partial charge in [0.1, 0.15) is 5.82 Å². The Morgan fingerprint density at radius 2 is 1.78 bits per heavy atom. The maximum Gasteiger partial charge on any atom is 0.430 e. The van der Waals surface area contributed by atoms with Gasteiger partial charge in [-0.15, -0.1) is 0 Å². The normalized spacial score (nSPS) is 13.4. The Bertz CT molecular complexity index is 1140. The van der Waals surface area contributed by atoms with Gasteiger partial charge < -0.3 is 10.4 Å². The van der Waals surface area contributed by atoms with Crippen LogP contribution in [0.2, 0.25) is 0 Å². The second-order valence-corrected chi connectivity index (χ2v) is 7.21. The molecule has 0 aliphatic rings. The van der Waals surface area contributed by atoms with Gasteiger partial charge in [-0.2, -0.15) is 13.2 Å². The number of halogens is 5. The summed E-state index contributed by atoms with van der Waals surface area (Å²) in [5.41, 5.74) is -3.26. The highest BCUT2D eigenvalue weighted by molar-refractivity contribution is 7.22. The standard InChI is InChI=1S/C18H13F5N4O4S/c19-8-31-27-14(28)17(30,18(21,22)23)9-1-6-12-13(7-9)32-16(25-12)26-15(29)24-11-4-2-10(20)3-5-11/h1-7,30H,8H2,(H,27,28)(H2,24,25,26,29)/t17-/m0/s1. The molecule has 14 heteroatoms. The Labute approximate surface area is 180 Å². The summed E-state index contributed by atoms with van der Waals surface area (Å²) < 4.78 is 65.6. The SMILES string of the molecule is O=C(Nc1ccc(F)cc1)Nc1nc2ccc([C@](O)(C(=O)NOCF)C(F)(F)F)cc2s1. The molecule has 0 aliphatic heterocycles. The number of thiazole rings is 1. The number of hydroxylamine groups is 1. The molecule has 1 aromatic heterocycles. The summed E-state index contributed by atoms with van der Waals surface area (Å²) in [6, 6.07) is 6.92. The molecule has 3 rings (SSSR count). The monoisotopic (exact) mass is 476 g/mol. The van der Waals surface area contributed by atoms with Gasteiger partial charge in [0.25, 0.3) is 11.5 Å². The number of carbonyl (C=O) groups excluding carboxylic acids is 2. The lowest BCUT2D eigenvalue weighted by molar-refractivity contribution is -0.261. The highest BCUT2D eigenvalue weighted by Gasteiger charge is 2.61. The van der Waals surface area contributed by atoms with Gasteiger partial charge in [-0.05, 0) is 36.4 Å². The van der Waals surface area contributed by atoms with Crippen molar-refractivity contribution in [2.75, 3.05) is 17.5 Å². The van der Waals surface area contributed by atoms with Crippen LogP contribution in [0.4, 0.5) is 37.6 Å². The van der Waals surface area contributed by atoms with E-state index in [9.17, 15) is 36.6 Å². The van der Waals surface area contributed by atoms with E-state index in [1.54, 1.807) is 0 Å². The largest absolute Gasteiger partial charge is 0.430 e. The second kappa shape index (κ2) is 9.02. The summed E-state index contributed by atoms with van der Waals surface area (Å²) in [4.78, 5) is 31.8. The fourth-order valence-corrected chi connectivity index (χ4v) is 3.49. The second-order valence-electron chi connectivity index (χ2n) is 6.18. The van der Waals surface area contributed by atoms with Gasteiger partial charge in [0.2, 0.25) is 6.86 Å². The summed E-state index contributed by atoms with van der Waals surface area (Å²) in [5, 5.41) is 14.9. The smallest absolute Gasteiger partial charge is 0.368 e. The van der Waals surface area contributed by atoms with Crippen LogP contribution in [-0.2, 0) is 15.2 Å². The molecule has 32 heavy (non-hydrogen) atoms. The first-order valence-electron chi connectivity index (χ1n) is 8.56. The van der Waals surface area contributed by atoms with E-state index in [0.717, 1.165) is 41.7 Å². The predicted molar refractivity (Wildman–Crippen MR) is 104 cm³/mol. The summed E-state index contributed by atoms with van der Waals surface area (Å²) >= 11 is 0.765. The molecule has 0 aliphatic carbocycles. The first-order chi connectivity index (χ1) is 15.0. The summed E-state index contributed by atoms with van der Waals surface area (Å²) in [7, 11) is 0. The molecule has 0 bridgehead atoms. The minimum atomic E-state index is -5.47. The van der Waals surface area contributed by atoms with E-state index in [4.69, 9.17) is 0 Å². The van der Waals surface area contributed by atoms with Crippen LogP contribution in [0.25, 0.3) is 10.2 Å². The lowest BCUT2D eigenvalue weighted by Gasteiger charge is -2.28. The molecule has 1 atom stereocenters. The Kier molecular flexibility index (Phi) is 6.57. The van der Waals surface area contributed by atoms with Crippen molar-refractivity contribution < 1.29 is 41.5 Å². The van der Waals surface area contributed by atoms with Gasteiger partial charge in [-0.3, -0.25) is 10.1 Å². The van der Waals surface area contributed by atoms with E-state index in [0.29, 0.717) is 0 Å². The molecular formula is C18H13F5N4O4S. The molecule has 3 amide bonds. The lowest BCUT2D eigenvalue weighted by Crippen LogP contribution is -2.54. The van der Waals surface area contributed by atoms with Crippen LogP contribution in [0, 0.1) is 5.82 Å². The number of rotatable bonds is 6. The van der Waals surface area contributed by atoms with Crippen LogP contribution in [0.5, 0.6) is 0 Å². The van der Waals surface area contributed by atoms with Crippen LogP contribution in [0.15, 0.2) is 42.5 Å². The first-order valence-corrected chi connectivity index (χ1v) is 9.38. The Morgan fingerprint density at radius 1 is 1.09 bits per heavy atom. The third kappa shape index (κ3) is 4.76. The molecule has 0 saturated heterocycles. The summed E-state index contributed by atoms with van der Waals surface area (Å²) in [6.07, 6.45) is -5.47. The number of nitrogens with zero attached hydrogens (tertiary/aromatic N) is 1. The van der Waals surface area contributed by atoms with Crippen molar-refractivity contribution in [3.63, 3.8) is 0 Å². The average Bonchev–Trinajstić information content (AvgIpc) is 3.13. The average molecular weight is 476 g/mol. The van der Waals surface area contributed by atoms with E-state index in [1.807, 2.05) is 0 Å². The summed E-state index contributed by atoms with van der Waals surface area (Å²) in [5.74, 6) is -2.54. The highest BCUT2D eigenvalue weighted by atomic mass is 32.1. The van der Waals surface area contributed by atoms with Gasteiger partial charge in [0.15, 0.2) is 5.13 Å². The number of aliphatic hydroxyl groups is 1. The molecule has 4 N–H and O–H groups in total. The predicted octanol–water partition coefficient (Wildman–Crippen LogP) is 3.80. The molecule has 0 fully saturated rings. The van der Waals surface area contributed by atoms with E-state index < -0.39 is 42.0 Å². The number of carbonyl (C=O) groups is 2. The minimum Gasteiger partial charge on any atom is -0.368 e. The maximum absolute atomic E-state index is 13.5. The molecule has 0 saturated carbocycles. The van der Waals surface area contributed by atoms with Crippen molar-refractivity contribution >= 4 is 44.3 Å². The highest BCUT2D eigenvalue weighted by Crippen LogP contribution is 2.41. The molecular weight excluding hydrogens is 463 g/mol. The number of benzene rings is 2. The van der Waals surface area contributed by atoms with Gasteiger partial charge in [0.05, 0.1) is 10.2 Å². The molecule has 1 heterocycles. The maximum atomic E-state index is 13.5. The number of urea groups is 1. The van der Waals surface area contributed by atoms with Crippen molar-refractivity contribution in [2.45, 2.75) is 11.8 Å². The minimum absolute atomic E-state index is 0.00229. The topological polar surface area (TPSA) is 113 Å². The molecule has 0 radical (unpaired) electrons. The first kappa shape index (κ1) is 23.3. The molecule has 170 valence electrons. The molecule has 2 aromatic carbocycles. The van der Waals surface area contributed by atoms with Crippen LogP contribution >= 0.6 is 11.3 Å². The number of hydrogen-bond acceptors (Lipinski definition) is 6. The van der Waals surface area contributed by atoms with Gasteiger partial charge in [-0.25, -0.2) is 28.9 Å². The van der Waals surface area contributed by atoms with E-state index >= 15 is 0 Å². The number of aromatic nitrogens is 1. The third-order valence-electron chi connectivity index (χ3n) is 4.09. The Hall–Kier alpha value is -3.36. The van der Waals surface area contributed by atoms with Crippen molar-refractivity contribution in [3.05, 3.63) is 53.8 Å². The van der Waals surface area contributed by atoms with Gasteiger partial charge in [-0.1, -0.05) is 17.4 Å². The van der Waals surface area contributed by atoms with Crippen molar-refractivity contribution in [2.24, 2.45) is 0 Å². The van der Waals surface area contributed by atoms with Crippen molar-refractivity contribution in [1.29, 1.82) is 0 Å². The van der Waals surface area contributed by atoms with Crippen LogP contribution < -0.4 is 16.1 Å².